The molecule has 23 aromatic rings. The summed E-state index contributed by atoms with van der Waals surface area (Å²) in [5.74, 6) is 10.5. The van der Waals surface area contributed by atoms with Crippen molar-refractivity contribution >= 4 is 207 Å². The average Bonchev–Trinajstić information content (AvgIpc) is 1.41. The molecule has 2 aliphatic carbocycles. The Balaban J connectivity index is 0.000000104. The molecule has 0 atom stereocenters. The first-order chi connectivity index (χ1) is 68.6. The number of nitrogens with one attached hydrogen (secondary N) is 18. The van der Waals surface area contributed by atoms with Gasteiger partial charge in [0.05, 0.1) is 68.8 Å². The molecule has 0 saturated heterocycles. The highest BCUT2D eigenvalue weighted by Crippen LogP contribution is 2.43. The summed E-state index contributed by atoms with van der Waals surface area (Å²) in [5.41, 5.74) is 18.2. The maximum absolute atomic E-state index is 11.4. The van der Waals surface area contributed by atoms with Crippen LogP contribution >= 0.6 is 0 Å². The largest absolute Gasteiger partial charge is 0.366 e. The Kier molecular flexibility index (Phi) is 25.0. The van der Waals surface area contributed by atoms with E-state index < -0.39 is 10.0 Å². The fourth-order valence-electron chi connectivity index (χ4n) is 16.2. The average molecular weight is 1870 g/mol. The van der Waals surface area contributed by atoms with Gasteiger partial charge in [-0.25, -0.2) is 33.3 Å². The zero-order valence-electron chi connectivity index (χ0n) is 76.0. The molecule has 692 valence electrons. The van der Waals surface area contributed by atoms with Gasteiger partial charge in [0.25, 0.3) is 0 Å². The van der Waals surface area contributed by atoms with Crippen LogP contribution < -0.4 is 57.9 Å². The number of anilines is 19. The van der Waals surface area contributed by atoms with Gasteiger partial charge in [0.15, 0.2) is 29.1 Å². The third-order valence-corrected chi connectivity index (χ3v) is 23.9. The summed E-state index contributed by atoms with van der Waals surface area (Å²) in [6.07, 6.45) is 17.0. The number of H-pyrrole nitrogens is 7. The van der Waals surface area contributed by atoms with Crippen molar-refractivity contribution in [3.8, 4) is 0 Å². The molecule has 2 saturated carbocycles. The van der Waals surface area contributed by atoms with Crippen LogP contribution in [0.15, 0.2) is 322 Å². The van der Waals surface area contributed by atoms with Crippen LogP contribution in [-0.2, 0) is 23.1 Å². The topological polar surface area (TPSA) is 457 Å². The van der Waals surface area contributed by atoms with E-state index in [-0.39, 0.29) is 0 Å². The second-order valence-corrected chi connectivity index (χ2v) is 35.8. The van der Waals surface area contributed by atoms with Crippen molar-refractivity contribution in [3.05, 3.63) is 356 Å². The highest BCUT2D eigenvalue weighted by Gasteiger charge is 2.27. The van der Waals surface area contributed by atoms with Crippen LogP contribution in [0.4, 0.5) is 110 Å². The second-order valence-electron chi connectivity index (χ2n) is 34.1. The van der Waals surface area contributed by atoms with E-state index in [0.29, 0.717) is 36.4 Å². The van der Waals surface area contributed by atoms with Gasteiger partial charge in [0, 0.05) is 181 Å². The lowest BCUT2D eigenvalue weighted by molar-refractivity contribution is 0.607. The maximum atomic E-state index is 11.4. The normalized spacial score (nSPS) is 12.2. The second kappa shape index (κ2) is 39.9. The van der Waals surface area contributed by atoms with Crippen LogP contribution in [0.2, 0.25) is 0 Å². The molecule has 14 aromatic heterocycles. The summed E-state index contributed by atoms with van der Waals surface area (Å²) >= 11 is 0. The molecule has 0 bridgehead atoms. The highest BCUT2D eigenvalue weighted by atomic mass is 32.2. The van der Waals surface area contributed by atoms with Gasteiger partial charge in [0.2, 0.25) is 10.0 Å². The summed E-state index contributed by atoms with van der Waals surface area (Å²) in [7, 11) is -3.32. The van der Waals surface area contributed by atoms with E-state index in [0.717, 1.165) is 214 Å². The number of aromatic amines is 7. The van der Waals surface area contributed by atoms with Crippen LogP contribution in [0.1, 0.15) is 71.4 Å². The van der Waals surface area contributed by atoms with Gasteiger partial charge in [0.1, 0.15) is 40.7 Å². The molecule has 0 spiro atoms. The Morgan fingerprint density at radius 1 is 0.300 bits per heavy atom. The summed E-state index contributed by atoms with van der Waals surface area (Å²) < 4.78 is 25.3. The number of benzene rings is 9. The number of nitrogens with zero attached hydrogens (tertiary/aromatic N) is 14. The van der Waals surface area contributed by atoms with Crippen molar-refractivity contribution in [2.24, 2.45) is 0 Å². The predicted molar refractivity (Wildman–Crippen MR) is 559 cm³/mol. The number of sulfonamides is 1. The minimum atomic E-state index is -3.32. The molecular weight excluding hydrogens is 1770 g/mol. The molecule has 0 aliphatic heterocycles. The Morgan fingerprint density at radius 2 is 0.707 bits per heavy atom. The Hall–Kier alpha value is -18.7. The van der Waals surface area contributed by atoms with Crippen LogP contribution in [0.25, 0.3) is 87.0 Å². The summed E-state index contributed by atoms with van der Waals surface area (Å²) in [6, 6.07) is 93.5. The zero-order valence-corrected chi connectivity index (χ0v) is 76.8. The predicted octanol–water partition coefficient (Wildman–Crippen LogP) is 23.4. The molecule has 25 rings (SSSR count). The summed E-state index contributed by atoms with van der Waals surface area (Å²) in [6.45, 7) is 5.28. The van der Waals surface area contributed by atoms with Gasteiger partial charge in [-0.2, -0.15) is 35.7 Å². The van der Waals surface area contributed by atoms with E-state index in [9.17, 15) is 8.42 Å². The maximum Gasteiger partial charge on any atom is 0.229 e. The lowest BCUT2D eigenvalue weighted by Gasteiger charge is -2.13. The van der Waals surface area contributed by atoms with Crippen molar-refractivity contribution < 1.29 is 8.42 Å². The quantitative estimate of drug-likeness (QED) is 0.0239. The fraction of sp³-hybridized carbons (Fsp3) is 0.105. The van der Waals surface area contributed by atoms with E-state index in [2.05, 4.69) is 188 Å². The number of aryl methyl sites for hydroxylation is 2. The van der Waals surface area contributed by atoms with Gasteiger partial charge < -0.3 is 53.2 Å². The molecule has 2 fully saturated rings. The SMILES string of the molecule is CS(=O)(=O)Nc1ccc(Nc2cc(Nc3n[nH]c4ccccc34)c3ccccc3n2)cc1.Cc1cc(Nc2cc(Nc3ccc4cn[nH]c4c3)nc3ccccc23)n[nH]1.Cc1cc(Nc2nc(NCc3cccnc3)cc3ccccc23)n[nH]1.c1ccc2c(Nc3cc(C4CC4)[nH]n3)nc(Nc3ccc4cn[nH]c4c3)cc2c1.c1cncc(CNc2cc(Nc3cc(C4CC4)[nH]n3)c3ccccc3n2)c1. The minimum Gasteiger partial charge on any atom is -0.366 e. The molecule has 9 aromatic carbocycles. The van der Waals surface area contributed by atoms with Crippen LogP contribution in [0.3, 0.4) is 0 Å². The van der Waals surface area contributed by atoms with Crippen molar-refractivity contribution in [2.45, 2.75) is 64.5 Å². The lowest BCUT2D eigenvalue weighted by Crippen LogP contribution is -2.09. The Morgan fingerprint density at radius 3 is 1.21 bits per heavy atom. The third-order valence-electron chi connectivity index (χ3n) is 23.3. The number of hydrogen-bond acceptors (Lipinski definition) is 26. The molecule has 18 N–H and O–H groups in total. The monoisotopic (exact) mass is 1870 g/mol. The Labute approximate surface area is 801 Å². The summed E-state index contributed by atoms with van der Waals surface area (Å²) in [4.78, 5) is 32.0. The van der Waals surface area contributed by atoms with Gasteiger partial charge in [-0.3, -0.25) is 50.4 Å². The van der Waals surface area contributed by atoms with E-state index in [4.69, 9.17) is 24.9 Å². The fourth-order valence-corrected chi connectivity index (χ4v) is 16.7. The minimum absolute atomic E-state index is 0.497. The first-order valence-corrected chi connectivity index (χ1v) is 47.5. The number of para-hydroxylation sites is 4. The molecule has 2 aliphatic rings. The smallest absolute Gasteiger partial charge is 0.229 e. The van der Waals surface area contributed by atoms with E-state index in [1.54, 1.807) is 42.9 Å². The number of hydrogen-bond donors (Lipinski definition) is 18. The van der Waals surface area contributed by atoms with Gasteiger partial charge in [-0.15, -0.1) is 0 Å². The first-order valence-electron chi connectivity index (χ1n) is 45.6. The van der Waals surface area contributed by atoms with Crippen molar-refractivity contribution in [1.82, 2.24) is 106 Å². The van der Waals surface area contributed by atoms with Crippen LogP contribution in [-0.4, -0.2) is 121 Å². The molecule has 14 heterocycles. The molecule has 35 heteroatoms. The number of aromatic nitrogens is 21. The van der Waals surface area contributed by atoms with Crippen molar-refractivity contribution in [2.75, 3.05) is 64.1 Å². The molecule has 0 unspecified atom stereocenters. The molecule has 34 nitrogen and oxygen atoms in total. The van der Waals surface area contributed by atoms with Crippen molar-refractivity contribution in [3.63, 3.8) is 0 Å². The third kappa shape index (κ3) is 21.7. The van der Waals surface area contributed by atoms with Crippen LogP contribution in [0, 0.1) is 13.8 Å². The van der Waals surface area contributed by atoms with E-state index >= 15 is 0 Å². The molecular formula is C105H94N32O2S. The standard InChI is InChI=1S/C23H20N6O2S.C22H19N7.C21H20N6.C20H17N7.C19H18N6/c1-32(30,31)29-16-12-10-15(11-13-16)24-22-14-21(17-6-2-4-8-19(17)25-22)26-23-18-7-3-5-9-20(18)27-28-23;1-2-4-17-14(3-1)9-20(24-16-8-7-15-12-23-27-18(15)10-16)25-22(17)26-21-11-19(28-29-21)13-5-6-13;1-2-6-17-16(5-1)19(25-21-10-18(26-27-21)15-7-8-15)11-20(24-17)23-13-14-4-3-9-22-12-14;1-12-8-20(27-25-12)24-18-10-19(23-16-5-3-2-4-15(16)18)22-14-7-6-13-11-21-26-17(13)9-14;1-13-9-18(25-24-13)23-19-16-7-3-2-6-15(16)10-17(22-19)21-12-14-5-4-8-20-11-14/h2-14,29H,1H3,(H3,24,25,26,27,28);1-4,7-13H,5-6H2,(H,23,27)(H3,24,25,26,28,29);1-6,9-12,15H,7-8,13H2,(H3,23,24,25,26,27);2-11H,1H3,(H,21,26)(H3,22,23,24,25,27);2-11H,12H2,1H3,(H3,21,22,23,24,25). The van der Waals surface area contributed by atoms with Crippen molar-refractivity contribution in [1.29, 1.82) is 0 Å². The number of fused-ring (bicyclic) bond motifs is 8. The van der Waals surface area contributed by atoms with Gasteiger partial charge in [-0.1, -0.05) is 127 Å². The summed E-state index contributed by atoms with van der Waals surface area (Å²) in [5, 5.41) is 95.4. The van der Waals surface area contributed by atoms with Crippen LogP contribution in [0.5, 0.6) is 0 Å². The first kappa shape index (κ1) is 88.0. The number of rotatable bonds is 26. The molecule has 0 amide bonds. The molecule has 0 radical (unpaired) electrons. The van der Waals surface area contributed by atoms with Gasteiger partial charge in [-0.05, 0) is 177 Å². The van der Waals surface area contributed by atoms with E-state index in [1.807, 2.05) is 245 Å². The zero-order chi connectivity index (χ0) is 94.7. The van der Waals surface area contributed by atoms with E-state index in [1.165, 1.54) is 37.1 Å². The molecule has 140 heavy (non-hydrogen) atoms. The Bertz CT molecular complexity index is 8440. The van der Waals surface area contributed by atoms with Gasteiger partial charge >= 0.3 is 0 Å². The highest BCUT2D eigenvalue weighted by molar-refractivity contribution is 7.92. The number of pyridine rings is 7. The lowest BCUT2D eigenvalue weighted by atomic mass is 10.1.